The number of rotatable bonds is 6. The predicted molar refractivity (Wildman–Crippen MR) is 143 cm³/mol. The van der Waals surface area contributed by atoms with E-state index in [1.807, 2.05) is 4.68 Å². The molecule has 2 aliphatic rings. The first kappa shape index (κ1) is 25.1. The maximum atomic E-state index is 13.6. The van der Waals surface area contributed by atoms with Gasteiger partial charge in [-0.1, -0.05) is 26.2 Å². The van der Waals surface area contributed by atoms with Gasteiger partial charge in [0, 0.05) is 43.3 Å². The van der Waals surface area contributed by atoms with E-state index in [1.165, 1.54) is 43.2 Å². The number of nitrogens with zero attached hydrogens (tertiary/aromatic N) is 6. The maximum absolute atomic E-state index is 13.6. The standard InChI is InChI=1S/C28H41N7O/c1-6-28(4,5)35-26(30-31-32-35)25(34-14-12-33(13-15-34)22-10-8-7-9-11-22)23-18-21-16-19(2)20(3)17-24(21)29-27(23)36/h16-18,22,25H,6-15H2,1-5H3,(H,29,36)/t25-/m0/s1. The summed E-state index contributed by atoms with van der Waals surface area (Å²) in [4.78, 5) is 21.8. The maximum Gasteiger partial charge on any atom is 0.253 e. The fourth-order valence-electron chi connectivity index (χ4n) is 5.95. The number of aromatic amines is 1. The topological polar surface area (TPSA) is 82.9 Å². The average molecular weight is 492 g/mol. The number of nitrogens with one attached hydrogen (secondary N) is 1. The molecule has 2 fully saturated rings. The van der Waals surface area contributed by atoms with Crippen LogP contribution < -0.4 is 5.56 Å². The molecule has 1 N–H and O–H groups in total. The summed E-state index contributed by atoms with van der Waals surface area (Å²) in [5, 5.41) is 14.1. The SMILES string of the molecule is CCC(C)(C)n1nnnc1[C@H](c1cc2cc(C)c(C)cc2[nH]c1=O)N1CCN(C2CCCCC2)CC1. The number of tetrazole rings is 1. The number of benzene rings is 1. The van der Waals surface area contributed by atoms with Crippen molar-refractivity contribution in [3.8, 4) is 0 Å². The second kappa shape index (κ2) is 10.1. The molecule has 0 unspecified atom stereocenters. The molecule has 1 saturated carbocycles. The van der Waals surface area contributed by atoms with Gasteiger partial charge in [0.2, 0.25) is 0 Å². The lowest BCUT2D eigenvalue weighted by molar-refractivity contribution is 0.0603. The molecule has 8 nitrogen and oxygen atoms in total. The van der Waals surface area contributed by atoms with Crippen molar-refractivity contribution in [2.75, 3.05) is 26.2 Å². The van der Waals surface area contributed by atoms with Gasteiger partial charge in [-0.2, -0.15) is 0 Å². The highest BCUT2D eigenvalue weighted by Crippen LogP contribution is 2.32. The summed E-state index contributed by atoms with van der Waals surface area (Å²) in [6, 6.07) is 6.71. The third kappa shape index (κ3) is 4.73. The summed E-state index contributed by atoms with van der Waals surface area (Å²) in [5.41, 5.74) is 3.68. The van der Waals surface area contributed by atoms with E-state index in [0.29, 0.717) is 6.04 Å². The van der Waals surface area contributed by atoms with Crippen LogP contribution in [-0.2, 0) is 5.54 Å². The summed E-state index contributed by atoms with van der Waals surface area (Å²) < 4.78 is 1.94. The number of pyridine rings is 1. The Bertz CT molecular complexity index is 1260. The summed E-state index contributed by atoms with van der Waals surface area (Å²) in [6.07, 6.45) is 7.59. The minimum absolute atomic E-state index is 0.0608. The number of piperazine rings is 1. The first-order valence-electron chi connectivity index (χ1n) is 13.7. The van der Waals surface area contributed by atoms with Crippen LogP contribution in [0, 0.1) is 13.8 Å². The van der Waals surface area contributed by atoms with Crippen molar-refractivity contribution in [2.24, 2.45) is 0 Å². The van der Waals surface area contributed by atoms with Crippen LogP contribution in [-0.4, -0.2) is 67.2 Å². The van der Waals surface area contributed by atoms with Gasteiger partial charge in [-0.15, -0.1) is 5.10 Å². The zero-order valence-electron chi connectivity index (χ0n) is 22.5. The van der Waals surface area contributed by atoms with E-state index in [4.69, 9.17) is 0 Å². The third-order valence-corrected chi connectivity index (χ3v) is 8.76. The lowest BCUT2D eigenvalue weighted by atomic mass is 9.93. The molecule has 0 spiro atoms. The van der Waals surface area contributed by atoms with Gasteiger partial charge in [0.25, 0.3) is 5.56 Å². The summed E-state index contributed by atoms with van der Waals surface area (Å²) >= 11 is 0. The van der Waals surface area contributed by atoms with Gasteiger partial charge in [0.15, 0.2) is 5.82 Å². The van der Waals surface area contributed by atoms with Gasteiger partial charge in [-0.3, -0.25) is 14.6 Å². The molecule has 1 saturated heterocycles. The van der Waals surface area contributed by atoms with Gasteiger partial charge < -0.3 is 4.98 Å². The fraction of sp³-hybridized carbons (Fsp3) is 0.643. The first-order chi connectivity index (χ1) is 17.3. The van der Waals surface area contributed by atoms with Crippen LogP contribution in [0.3, 0.4) is 0 Å². The van der Waals surface area contributed by atoms with E-state index in [0.717, 1.165) is 54.9 Å². The zero-order valence-corrected chi connectivity index (χ0v) is 22.5. The molecule has 0 bridgehead atoms. The molecular weight excluding hydrogens is 450 g/mol. The first-order valence-corrected chi connectivity index (χ1v) is 13.7. The number of H-pyrrole nitrogens is 1. The van der Waals surface area contributed by atoms with Crippen LogP contribution in [0.1, 0.15) is 87.9 Å². The molecule has 8 heteroatoms. The quantitative estimate of drug-likeness (QED) is 0.553. The number of hydrogen-bond acceptors (Lipinski definition) is 6. The molecule has 3 heterocycles. The van der Waals surface area contributed by atoms with Crippen molar-refractivity contribution in [1.82, 2.24) is 35.0 Å². The molecule has 1 atom stereocenters. The van der Waals surface area contributed by atoms with Crippen LogP contribution >= 0.6 is 0 Å². The Morgan fingerprint density at radius 3 is 2.42 bits per heavy atom. The highest BCUT2D eigenvalue weighted by molar-refractivity contribution is 5.81. The molecule has 194 valence electrons. The Morgan fingerprint density at radius 1 is 1.03 bits per heavy atom. The molecule has 5 rings (SSSR count). The fourth-order valence-corrected chi connectivity index (χ4v) is 5.95. The van der Waals surface area contributed by atoms with Crippen molar-refractivity contribution in [3.63, 3.8) is 0 Å². The molecular formula is C28H41N7O. The van der Waals surface area contributed by atoms with E-state index in [-0.39, 0.29) is 17.1 Å². The van der Waals surface area contributed by atoms with E-state index in [9.17, 15) is 4.79 Å². The van der Waals surface area contributed by atoms with Crippen molar-refractivity contribution in [2.45, 2.75) is 90.8 Å². The molecule has 2 aromatic heterocycles. The van der Waals surface area contributed by atoms with Gasteiger partial charge in [-0.05, 0) is 92.1 Å². The molecule has 1 aliphatic carbocycles. The van der Waals surface area contributed by atoms with Crippen LogP contribution in [0.5, 0.6) is 0 Å². The van der Waals surface area contributed by atoms with Gasteiger partial charge in [0.1, 0.15) is 6.04 Å². The number of aromatic nitrogens is 5. The number of fused-ring (bicyclic) bond motifs is 1. The van der Waals surface area contributed by atoms with Crippen molar-refractivity contribution in [3.05, 3.63) is 51.1 Å². The van der Waals surface area contributed by atoms with Crippen molar-refractivity contribution in [1.29, 1.82) is 0 Å². The molecule has 1 aliphatic heterocycles. The van der Waals surface area contributed by atoms with Crippen LogP contribution in [0.25, 0.3) is 10.9 Å². The summed E-state index contributed by atoms with van der Waals surface area (Å²) in [6.45, 7) is 14.5. The minimum Gasteiger partial charge on any atom is -0.322 e. The second-order valence-corrected chi connectivity index (χ2v) is 11.5. The molecule has 0 radical (unpaired) electrons. The Labute approximate surface area is 214 Å². The van der Waals surface area contributed by atoms with E-state index < -0.39 is 0 Å². The monoisotopic (exact) mass is 491 g/mol. The Balaban J connectivity index is 1.55. The number of hydrogen-bond donors (Lipinski definition) is 1. The van der Waals surface area contributed by atoms with Crippen LogP contribution in [0.2, 0.25) is 0 Å². The van der Waals surface area contributed by atoms with Crippen LogP contribution in [0.4, 0.5) is 0 Å². The summed E-state index contributed by atoms with van der Waals surface area (Å²) in [7, 11) is 0. The Hall–Kier alpha value is -2.58. The molecule has 0 amide bonds. The van der Waals surface area contributed by atoms with Gasteiger partial charge >= 0.3 is 0 Å². The molecule has 1 aromatic carbocycles. The zero-order chi connectivity index (χ0) is 25.4. The molecule has 3 aromatic rings. The molecule has 36 heavy (non-hydrogen) atoms. The van der Waals surface area contributed by atoms with Gasteiger partial charge in [-0.25, -0.2) is 4.68 Å². The van der Waals surface area contributed by atoms with Crippen molar-refractivity contribution < 1.29 is 0 Å². The Morgan fingerprint density at radius 2 is 1.72 bits per heavy atom. The van der Waals surface area contributed by atoms with E-state index in [1.54, 1.807) is 0 Å². The average Bonchev–Trinajstić information content (AvgIpc) is 3.37. The predicted octanol–water partition coefficient (Wildman–Crippen LogP) is 4.32. The van der Waals surface area contributed by atoms with Gasteiger partial charge in [0.05, 0.1) is 5.54 Å². The largest absolute Gasteiger partial charge is 0.322 e. The van der Waals surface area contributed by atoms with Crippen molar-refractivity contribution >= 4 is 10.9 Å². The van der Waals surface area contributed by atoms with E-state index in [2.05, 4.69) is 83.1 Å². The normalized spacial score (nSPS) is 19.7. The smallest absolute Gasteiger partial charge is 0.253 e. The second-order valence-electron chi connectivity index (χ2n) is 11.5. The lowest BCUT2D eigenvalue weighted by Gasteiger charge is -2.43. The number of aryl methyl sites for hydroxylation is 2. The lowest BCUT2D eigenvalue weighted by Crippen LogP contribution is -2.52. The highest BCUT2D eigenvalue weighted by Gasteiger charge is 2.36. The highest BCUT2D eigenvalue weighted by atomic mass is 16.1. The summed E-state index contributed by atoms with van der Waals surface area (Å²) in [5.74, 6) is 0.752. The van der Waals surface area contributed by atoms with E-state index >= 15 is 0 Å². The minimum atomic E-state index is -0.297. The Kier molecular flexibility index (Phi) is 7.01. The van der Waals surface area contributed by atoms with Crippen LogP contribution in [0.15, 0.2) is 23.0 Å². The third-order valence-electron chi connectivity index (χ3n) is 8.76.